The SMILES string of the molecule is CCNCc1cccc(-c2cccc(-c3cccc(C)c3)n2)c1. The van der Waals surface area contributed by atoms with Crippen molar-refractivity contribution in [1.82, 2.24) is 10.3 Å². The summed E-state index contributed by atoms with van der Waals surface area (Å²) >= 11 is 0. The molecule has 1 heterocycles. The van der Waals surface area contributed by atoms with Gasteiger partial charge in [0.25, 0.3) is 0 Å². The van der Waals surface area contributed by atoms with E-state index in [0.29, 0.717) is 0 Å². The topological polar surface area (TPSA) is 24.9 Å². The lowest BCUT2D eigenvalue weighted by atomic mass is 10.0. The Bertz CT molecular complexity index is 793. The largest absolute Gasteiger partial charge is 0.313 e. The van der Waals surface area contributed by atoms with Gasteiger partial charge in [-0.05, 0) is 43.3 Å². The molecule has 1 aromatic heterocycles. The molecule has 0 fully saturated rings. The quantitative estimate of drug-likeness (QED) is 0.730. The molecular formula is C21H22N2. The standard InChI is InChI=1S/C21H22N2/c1-3-22-15-17-8-5-10-19(14-17)21-12-6-11-20(23-21)18-9-4-7-16(2)13-18/h4-14,22H,3,15H2,1-2H3. The van der Waals surface area contributed by atoms with Crippen LogP contribution in [0.4, 0.5) is 0 Å². The highest BCUT2D eigenvalue weighted by atomic mass is 14.8. The van der Waals surface area contributed by atoms with Gasteiger partial charge in [0.1, 0.15) is 0 Å². The summed E-state index contributed by atoms with van der Waals surface area (Å²) in [5, 5.41) is 3.37. The summed E-state index contributed by atoms with van der Waals surface area (Å²) in [7, 11) is 0. The van der Waals surface area contributed by atoms with Crippen LogP contribution in [0.1, 0.15) is 18.1 Å². The first-order valence-corrected chi connectivity index (χ1v) is 8.10. The average molecular weight is 302 g/mol. The first kappa shape index (κ1) is 15.4. The van der Waals surface area contributed by atoms with Gasteiger partial charge in [-0.15, -0.1) is 0 Å². The minimum Gasteiger partial charge on any atom is -0.313 e. The highest BCUT2D eigenvalue weighted by molar-refractivity contribution is 5.66. The molecular weight excluding hydrogens is 280 g/mol. The molecule has 2 aromatic carbocycles. The predicted octanol–water partition coefficient (Wildman–Crippen LogP) is 4.83. The van der Waals surface area contributed by atoms with Crippen molar-refractivity contribution in [1.29, 1.82) is 0 Å². The average Bonchev–Trinajstić information content (AvgIpc) is 2.60. The van der Waals surface area contributed by atoms with Crippen molar-refractivity contribution >= 4 is 0 Å². The number of benzene rings is 2. The van der Waals surface area contributed by atoms with Crippen LogP contribution in [0, 0.1) is 6.92 Å². The third kappa shape index (κ3) is 3.85. The van der Waals surface area contributed by atoms with E-state index in [-0.39, 0.29) is 0 Å². The van der Waals surface area contributed by atoms with E-state index in [9.17, 15) is 0 Å². The van der Waals surface area contributed by atoms with Crippen LogP contribution in [0.15, 0.2) is 66.7 Å². The summed E-state index contributed by atoms with van der Waals surface area (Å²) in [5.41, 5.74) is 6.89. The Morgan fingerprint density at radius 1 is 0.826 bits per heavy atom. The van der Waals surface area contributed by atoms with Gasteiger partial charge in [0.05, 0.1) is 11.4 Å². The molecule has 23 heavy (non-hydrogen) atoms. The Kier molecular flexibility index (Phi) is 4.84. The van der Waals surface area contributed by atoms with Gasteiger partial charge in [-0.1, -0.05) is 55.0 Å². The van der Waals surface area contributed by atoms with Crippen molar-refractivity contribution in [3.63, 3.8) is 0 Å². The van der Waals surface area contributed by atoms with E-state index in [2.05, 4.69) is 85.9 Å². The Labute approximate surface area is 138 Å². The van der Waals surface area contributed by atoms with Crippen LogP contribution in [0.3, 0.4) is 0 Å². The van der Waals surface area contributed by atoms with Gasteiger partial charge in [0.2, 0.25) is 0 Å². The molecule has 0 aliphatic carbocycles. The monoisotopic (exact) mass is 302 g/mol. The molecule has 0 unspecified atom stereocenters. The van der Waals surface area contributed by atoms with E-state index in [1.54, 1.807) is 0 Å². The summed E-state index contributed by atoms with van der Waals surface area (Å²) in [6.45, 7) is 6.10. The van der Waals surface area contributed by atoms with Gasteiger partial charge in [0, 0.05) is 17.7 Å². The fourth-order valence-electron chi connectivity index (χ4n) is 2.67. The number of nitrogens with one attached hydrogen (secondary N) is 1. The van der Waals surface area contributed by atoms with E-state index in [4.69, 9.17) is 4.98 Å². The zero-order chi connectivity index (χ0) is 16.1. The van der Waals surface area contributed by atoms with Gasteiger partial charge in [-0.3, -0.25) is 0 Å². The van der Waals surface area contributed by atoms with Crippen LogP contribution >= 0.6 is 0 Å². The number of hydrogen-bond donors (Lipinski definition) is 1. The summed E-state index contributed by atoms with van der Waals surface area (Å²) in [6, 6.07) is 23.3. The van der Waals surface area contributed by atoms with Crippen molar-refractivity contribution in [2.24, 2.45) is 0 Å². The highest BCUT2D eigenvalue weighted by Crippen LogP contribution is 2.23. The Hall–Kier alpha value is -2.45. The zero-order valence-corrected chi connectivity index (χ0v) is 13.7. The van der Waals surface area contributed by atoms with Crippen LogP contribution in [0.25, 0.3) is 22.5 Å². The normalized spacial score (nSPS) is 10.7. The van der Waals surface area contributed by atoms with Gasteiger partial charge in [-0.2, -0.15) is 0 Å². The lowest BCUT2D eigenvalue weighted by molar-refractivity contribution is 0.727. The van der Waals surface area contributed by atoms with Gasteiger partial charge < -0.3 is 5.32 Å². The van der Waals surface area contributed by atoms with Crippen LogP contribution in [0.5, 0.6) is 0 Å². The molecule has 3 aromatic rings. The second-order valence-corrected chi connectivity index (χ2v) is 5.76. The van der Waals surface area contributed by atoms with Crippen molar-refractivity contribution in [2.45, 2.75) is 20.4 Å². The summed E-state index contributed by atoms with van der Waals surface area (Å²) in [6.07, 6.45) is 0. The molecule has 1 N–H and O–H groups in total. The second-order valence-electron chi connectivity index (χ2n) is 5.76. The van der Waals surface area contributed by atoms with Crippen molar-refractivity contribution < 1.29 is 0 Å². The van der Waals surface area contributed by atoms with Crippen molar-refractivity contribution in [3.8, 4) is 22.5 Å². The van der Waals surface area contributed by atoms with E-state index >= 15 is 0 Å². The van der Waals surface area contributed by atoms with Gasteiger partial charge in [0.15, 0.2) is 0 Å². The molecule has 0 radical (unpaired) electrons. The summed E-state index contributed by atoms with van der Waals surface area (Å²) in [5.74, 6) is 0. The molecule has 0 saturated carbocycles. The third-order valence-corrected chi connectivity index (χ3v) is 3.86. The molecule has 2 nitrogen and oxygen atoms in total. The first-order chi connectivity index (χ1) is 11.3. The lowest BCUT2D eigenvalue weighted by Crippen LogP contribution is -2.11. The Morgan fingerprint density at radius 2 is 1.48 bits per heavy atom. The van der Waals surface area contributed by atoms with Crippen molar-refractivity contribution in [3.05, 3.63) is 77.9 Å². The maximum atomic E-state index is 4.86. The minimum atomic E-state index is 0.891. The molecule has 0 atom stereocenters. The maximum Gasteiger partial charge on any atom is 0.0709 e. The zero-order valence-electron chi connectivity index (χ0n) is 13.7. The summed E-state index contributed by atoms with van der Waals surface area (Å²) < 4.78 is 0. The molecule has 116 valence electrons. The molecule has 0 aliphatic rings. The van der Waals surface area contributed by atoms with Crippen LogP contribution in [-0.2, 0) is 6.54 Å². The van der Waals surface area contributed by atoms with Gasteiger partial charge >= 0.3 is 0 Å². The molecule has 0 bridgehead atoms. The molecule has 2 heteroatoms. The highest BCUT2D eigenvalue weighted by Gasteiger charge is 2.04. The molecule has 0 amide bonds. The number of aromatic nitrogens is 1. The van der Waals surface area contributed by atoms with Crippen molar-refractivity contribution in [2.75, 3.05) is 6.54 Å². The molecule has 0 spiro atoms. The summed E-state index contributed by atoms with van der Waals surface area (Å²) in [4.78, 5) is 4.86. The number of rotatable bonds is 5. The smallest absolute Gasteiger partial charge is 0.0709 e. The second kappa shape index (κ2) is 7.21. The predicted molar refractivity (Wildman–Crippen MR) is 97.2 cm³/mol. The minimum absolute atomic E-state index is 0.891. The van der Waals surface area contributed by atoms with Crippen LogP contribution < -0.4 is 5.32 Å². The number of pyridine rings is 1. The van der Waals surface area contributed by atoms with E-state index < -0.39 is 0 Å². The number of nitrogens with zero attached hydrogens (tertiary/aromatic N) is 1. The van der Waals surface area contributed by atoms with Crippen LogP contribution in [0.2, 0.25) is 0 Å². The number of hydrogen-bond acceptors (Lipinski definition) is 2. The fraction of sp³-hybridized carbons (Fsp3) is 0.190. The Balaban J connectivity index is 1.93. The lowest BCUT2D eigenvalue weighted by Gasteiger charge is -2.08. The molecule has 0 saturated heterocycles. The third-order valence-electron chi connectivity index (χ3n) is 3.86. The van der Waals surface area contributed by atoms with E-state index in [1.165, 1.54) is 11.1 Å². The Morgan fingerprint density at radius 3 is 2.17 bits per heavy atom. The van der Waals surface area contributed by atoms with Crippen LogP contribution in [-0.4, -0.2) is 11.5 Å². The molecule has 0 aliphatic heterocycles. The first-order valence-electron chi connectivity index (χ1n) is 8.10. The van der Waals surface area contributed by atoms with E-state index in [0.717, 1.165) is 35.6 Å². The fourth-order valence-corrected chi connectivity index (χ4v) is 2.67. The van der Waals surface area contributed by atoms with E-state index in [1.807, 2.05) is 0 Å². The molecule has 3 rings (SSSR count). The maximum absolute atomic E-state index is 4.86. The number of aryl methyl sites for hydroxylation is 1. The van der Waals surface area contributed by atoms with Gasteiger partial charge in [-0.25, -0.2) is 4.98 Å².